The lowest BCUT2D eigenvalue weighted by atomic mass is 10.1. The van der Waals surface area contributed by atoms with Gasteiger partial charge in [0.25, 0.3) is 0 Å². The smallest absolute Gasteiger partial charge is 0.381 e. The maximum absolute atomic E-state index is 13.3. The van der Waals surface area contributed by atoms with Crippen LogP contribution >= 0.6 is 0 Å². The first-order chi connectivity index (χ1) is 14.5. The van der Waals surface area contributed by atoms with Gasteiger partial charge in [0.2, 0.25) is 5.03 Å². The first kappa shape index (κ1) is 21.1. The Kier molecular flexibility index (Phi) is 6.87. The van der Waals surface area contributed by atoms with Crippen molar-refractivity contribution in [1.82, 2.24) is 10.3 Å². The number of nitro groups is 1. The summed E-state index contributed by atoms with van der Waals surface area (Å²) >= 11 is 0. The van der Waals surface area contributed by atoms with Crippen LogP contribution in [-0.4, -0.2) is 59.1 Å². The third kappa shape index (κ3) is 5.06. The first-order valence-electron chi connectivity index (χ1n) is 9.53. The summed E-state index contributed by atoms with van der Waals surface area (Å²) in [7, 11) is 1.40. The van der Waals surface area contributed by atoms with Crippen molar-refractivity contribution in [3.63, 3.8) is 0 Å². The second kappa shape index (κ2) is 9.75. The molecule has 0 aromatic heterocycles. The summed E-state index contributed by atoms with van der Waals surface area (Å²) in [5.41, 5.74) is 2.77. The van der Waals surface area contributed by atoms with E-state index in [1.807, 2.05) is 0 Å². The zero-order valence-electron chi connectivity index (χ0n) is 16.6. The van der Waals surface area contributed by atoms with Crippen LogP contribution in [-0.2, 0) is 4.74 Å². The van der Waals surface area contributed by atoms with Gasteiger partial charge in [0.1, 0.15) is 0 Å². The van der Waals surface area contributed by atoms with Crippen LogP contribution in [0.5, 0.6) is 0 Å². The molecule has 0 bridgehead atoms. The maximum Gasteiger partial charge on any atom is 0.425 e. The summed E-state index contributed by atoms with van der Waals surface area (Å²) in [6, 6.07) is 16.8. The van der Waals surface area contributed by atoms with Gasteiger partial charge in [-0.05, 0) is 30.7 Å². The Morgan fingerprint density at radius 2 is 1.70 bits per heavy atom. The Morgan fingerprint density at radius 3 is 2.23 bits per heavy atom. The summed E-state index contributed by atoms with van der Waals surface area (Å²) in [4.78, 5) is 38.8. The van der Waals surface area contributed by atoms with Crippen molar-refractivity contribution >= 4 is 17.8 Å². The van der Waals surface area contributed by atoms with E-state index < -0.39 is 16.8 Å². The van der Waals surface area contributed by atoms with Gasteiger partial charge in [0.05, 0.1) is 31.3 Å². The van der Waals surface area contributed by atoms with Crippen molar-refractivity contribution < 1.29 is 23.9 Å². The molecule has 1 aliphatic heterocycles. The van der Waals surface area contributed by atoms with Gasteiger partial charge in [0.15, 0.2) is 0 Å². The standard InChI is InChI=1S/C21H22N4O5/c1-23(19(26)17-8-4-2-5-9-17)21(22-25(28)29)24(14-16-12-13-30-15-16)20(27)18-10-6-3-7-11-18/h2-11,16H,12-15H2,1H3/p+1. The lowest BCUT2D eigenvalue weighted by Crippen LogP contribution is -2.53. The number of nitrogens with zero attached hydrogens (tertiary/aromatic N) is 3. The molecule has 1 heterocycles. The van der Waals surface area contributed by atoms with E-state index in [2.05, 4.69) is 5.43 Å². The molecular formula is C21H23N4O5+. The molecule has 0 radical (unpaired) electrons. The molecule has 1 atom stereocenters. The maximum atomic E-state index is 13.3. The van der Waals surface area contributed by atoms with Gasteiger partial charge in [-0.2, -0.15) is 9.48 Å². The molecule has 1 aliphatic rings. The van der Waals surface area contributed by atoms with E-state index in [1.54, 1.807) is 60.7 Å². The largest absolute Gasteiger partial charge is 0.425 e. The van der Waals surface area contributed by atoms with Crippen molar-refractivity contribution in [1.29, 1.82) is 0 Å². The van der Waals surface area contributed by atoms with Crippen molar-refractivity contribution in [2.75, 3.05) is 26.8 Å². The predicted octanol–water partition coefficient (Wildman–Crippen LogP) is 1.79. The average molecular weight is 411 g/mol. The quantitative estimate of drug-likeness (QED) is 0.264. The van der Waals surface area contributed by atoms with Crippen molar-refractivity contribution in [3.8, 4) is 0 Å². The highest BCUT2D eigenvalue weighted by atomic mass is 16.7. The molecular weight excluding hydrogens is 388 g/mol. The fraction of sp³-hybridized carbons (Fsp3) is 0.286. The number of ether oxygens (including phenoxy) is 1. The Morgan fingerprint density at radius 1 is 1.10 bits per heavy atom. The number of nitrogens with one attached hydrogen (secondary N) is 1. The molecule has 1 fully saturated rings. The molecule has 156 valence electrons. The Balaban J connectivity index is 2.04. The molecule has 2 amide bonds. The monoisotopic (exact) mass is 411 g/mol. The van der Waals surface area contributed by atoms with Crippen LogP contribution in [0.4, 0.5) is 0 Å². The van der Waals surface area contributed by atoms with Gasteiger partial charge in [-0.1, -0.05) is 36.4 Å². The van der Waals surface area contributed by atoms with E-state index in [1.165, 1.54) is 11.9 Å². The number of benzene rings is 2. The van der Waals surface area contributed by atoms with Crippen molar-refractivity contribution in [3.05, 3.63) is 81.9 Å². The molecule has 0 spiro atoms. The lowest BCUT2D eigenvalue weighted by Gasteiger charge is -2.20. The van der Waals surface area contributed by atoms with Gasteiger partial charge in [0, 0.05) is 18.0 Å². The summed E-state index contributed by atoms with van der Waals surface area (Å²) in [6.45, 7) is 1.19. The van der Waals surface area contributed by atoms with E-state index in [9.17, 15) is 19.7 Å². The zero-order valence-corrected chi connectivity index (χ0v) is 16.6. The number of rotatable bonds is 5. The average Bonchev–Trinajstić information content (AvgIpc) is 3.29. The Labute approximate surface area is 173 Å². The van der Waals surface area contributed by atoms with Gasteiger partial charge in [-0.3, -0.25) is 9.59 Å². The topological polar surface area (TPSA) is 105 Å². The predicted molar refractivity (Wildman–Crippen MR) is 108 cm³/mol. The minimum Gasteiger partial charge on any atom is -0.381 e. The zero-order chi connectivity index (χ0) is 21.5. The van der Waals surface area contributed by atoms with Crippen LogP contribution in [0.25, 0.3) is 0 Å². The highest BCUT2D eigenvalue weighted by molar-refractivity contribution is 6.05. The third-order valence-corrected chi connectivity index (χ3v) is 4.82. The number of carbonyl (C=O) groups is 2. The number of hydrogen-bond acceptors (Lipinski definition) is 5. The van der Waals surface area contributed by atoms with Crippen molar-refractivity contribution in [2.24, 2.45) is 5.92 Å². The SMILES string of the molecule is C[N+](C(=O)c1ccccc1)=C(N[N+](=O)[O-])N(CC1CCOC1)C(=O)c1ccccc1. The second-order valence-corrected chi connectivity index (χ2v) is 6.93. The Bertz CT molecular complexity index is 940. The molecule has 0 saturated carbocycles. The number of carbonyl (C=O) groups excluding carboxylic acids is 2. The molecule has 1 N–H and O–H groups in total. The summed E-state index contributed by atoms with van der Waals surface area (Å²) in [5.74, 6) is -1.14. The van der Waals surface area contributed by atoms with Crippen LogP contribution in [0.2, 0.25) is 0 Å². The molecule has 3 rings (SSSR count). The summed E-state index contributed by atoms with van der Waals surface area (Å²) in [6.07, 6.45) is 0.723. The highest BCUT2D eigenvalue weighted by Crippen LogP contribution is 2.16. The number of hydrazine groups is 1. The van der Waals surface area contributed by atoms with Gasteiger partial charge >= 0.3 is 17.8 Å². The molecule has 1 unspecified atom stereocenters. The third-order valence-electron chi connectivity index (χ3n) is 4.82. The van der Waals surface area contributed by atoms with Crippen molar-refractivity contribution in [2.45, 2.75) is 6.42 Å². The van der Waals surface area contributed by atoms with E-state index in [-0.39, 0.29) is 18.4 Å². The molecule has 9 nitrogen and oxygen atoms in total. The fourth-order valence-corrected chi connectivity index (χ4v) is 3.26. The van der Waals surface area contributed by atoms with E-state index in [4.69, 9.17) is 4.74 Å². The van der Waals surface area contributed by atoms with Gasteiger partial charge < -0.3 is 4.74 Å². The van der Waals surface area contributed by atoms with Crippen LogP contribution < -0.4 is 5.43 Å². The van der Waals surface area contributed by atoms with Crippen LogP contribution in [0.3, 0.4) is 0 Å². The minimum atomic E-state index is -0.777. The molecule has 30 heavy (non-hydrogen) atoms. The van der Waals surface area contributed by atoms with Crippen LogP contribution in [0.15, 0.2) is 60.7 Å². The Hall–Kier alpha value is -3.59. The van der Waals surface area contributed by atoms with Crippen LogP contribution in [0.1, 0.15) is 27.1 Å². The molecule has 9 heteroatoms. The van der Waals surface area contributed by atoms with Crippen LogP contribution in [0, 0.1) is 16.0 Å². The summed E-state index contributed by atoms with van der Waals surface area (Å²) < 4.78 is 6.49. The first-order valence-corrected chi connectivity index (χ1v) is 9.53. The minimum absolute atomic E-state index is 0.00134. The molecule has 1 saturated heterocycles. The fourth-order valence-electron chi connectivity index (χ4n) is 3.26. The van der Waals surface area contributed by atoms with E-state index >= 15 is 0 Å². The molecule has 0 aliphatic carbocycles. The number of hydrogen-bond donors (Lipinski definition) is 1. The highest BCUT2D eigenvalue weighted by Gasteiger charge is 2.37. The number of amides is 2. The van der Waals surface area contributed by atoms with Gasteiger partial charge in [-0.25, -0.2) is 10.1 Å². The summed E-state index contributed by atoms with van der Waals surface area (Å²) in [5, 5.41) is 10.6. The number of guanidine groups is 1. The lowest BCUT2D eigenvalue weighted by molar-refractivity contribution is -0.540. The normalized spacial score (nSPS) is 16.5. The van der Waals surface area contributed by atoms with E-state index in [0.717, 1.165) is 11.0 Å². The molecule has 2 aromatic rings. The molecule has 2 aromatic carbocycles. The second-order valence-electron chi connectivity index (χ2n) is 6.93. The van der Waals surface area contributed by atoms with E-state index in [0.29, 0.717) is 24.3 Å². The van der Waals surface area contributed by atoms with Gasteiger partial charge in [-0.15, -0.1) is 0 Å².